The van der Waals surface area contributed by atoms with Crippen LogP contribution in [-0.2, 0) is 14.8 Å². The van der Waals surface area contributed by atoms with E-state index in [4.69, 9.17) is 10.9 Å². The standard InChI is InChI=1S/C12H18BrN3O3S/c13-10-8-9(20(15,18)19)5-6-11(10)16-12(17)4-2-1-3-7-14/h5-6,8H,1-4,7,14H2,(H,16,17)(H2,15,18,19). The highest BCUT2D eigenvalue weighted by atomic mass is 79.9. The van der Waals surface area contributed by atoms with Gasteiger partial charge in [-0.2, -0.15) is 0 Å². The van der Waals surface area contributed by atoms with Gasteiger partial charge >= 0.3 is 0 Å². The smallest absolute Gasteiger partial charge is 0.238 e. The number of rotatable bonds is 7. The highest BCUT2D eigenvalue weighted by molar-refractivity contribution is 9.10. The molecular formula is C12H18BrN3O3S. The molecule has 1 aromatic rings. The third-order valence-corrected chi connectivity index (χ3v) is 4.22. The van der Waals surface area contributed by atoms with Crippen LogP contribution in [0.3, 0.4) is 0 Å². The van der Waals surface area contributed by atoms with Gasteiger partial charge in [-0.15, -0.1) is 0 Å². The lowest BCUT2D eigenvalue weighted by molar-refractivity contribution is -0.116. The van der Waals surface area contributed by atoms with Crippen LogP contribution in [0.2, 0.25) is 0 Å². The van der Waals surface area contributed by atoms with E-state index in [1.165, 1.54) is 18.2 Å². The normalized spacial score (nSPS) is 11.3. The second kappa shape index (κ2) is 7.72. The third kappa shape index (κ3) is 5.58. The molecule has 8 heteroatoms. The Bertz CT molecular complexity index is 575. The summed E-state index contributed by atoms with van der Waals surface area (Å²) >= 11 is 3.21. The van der Waals surface area contributed by atoms with E-state index in [0.29, 0.717) is 23.1 Å². The van der Waals surface area contributed by atoms with Crippen molar-refractivity contribution in [3.8, 4) is 0 Å². The number of primary sulfonamides is 1. The van der Waals surface area contributed by atoms with Crippen LogP contribution < -0.4 is 16.2 Å². The maximum atomic E-state index is 11.7. The molecule has 5 N–H and O–H groups in total. The van der Waals surface area contributed by atoms with Crippen LogP contribution in [0.25, 0.3) is 0 Å². The van der Waals surface area contributed by atoms with Crippen molar-refractivity contribution < 1.29 is 13.2 Å². The predicted molar refractivity (Wildman–Crippen MR) is 81.7 cm³/mol. The molecule has 1 aromatic carbocycles. The molecule has 0 aliphatic heterocycles. The molecule has 0 spiro atoms. The number of anilines is 1. The molecule has 0 aliphatic carbocycles. The largest absolute Gasteiger partial charge is 0.330 e. The fraction of sp³-hybridized carbons (Fsp3) is 0.417. The van der Waals surface area contributed by atoms with Gasteiger partial charge in [0.05, 0.1) is 10.6 Å². The summed E-state index contributed by atoms with van der Waals surface area (Å²) in [7, 11) is -3.75. The van der Waals surface area contributed by atoms with Crippen molar-refractivity contribution in [3.05, 3.63) is 22.7 Å². The molecule has 20 heavy (non-hydrogen) atoms. The SMILES string of the molecule is NCCCCCC(=O)Nc1ccc(S(N)(=O)=O)cc1Br. The maximum Gasteiger partial charge on any atom is 0.238 e. The first-order valence-corrected chi connectivity index (χ1v) is 8.51. The summed E-state index contributed by atoms with van der Waals surface area (Å²) in [4.78, 5) is 11.7. The molecule has 0 saturated carbocycles. The van der Waals surface area contributed by atoms with Crippen molar-refractivity contribution in [1.82, 2.24) is 0 Å². The number of nitrogens with two attached hydrogens (primary N) is 2. The van der Waals surface area contributed by atoms with Crippen LogP contribution >= 0.6 is 15.9 Å². The lowest BCUT2D eigenvalue weighted by atomic mass is 10.2. The first kappa shape index (κ1) is 17.1. The Morgan fingerprint density at radius 3 is 2.50 bits per heavy atom. The van der Waals surface area contributed by atoms with Crippen molar-refractivity contribution in [1.29, 1.82) is 0 Å². The summed E-state index contributed by atoms with van der Waals surface area (Å²) in [5.74, 6) is -0.119. The number of hydrogen-bond acceptors (Lipinski definition) is 4. The minimum absolute atomic E-state index is 0.00896. The summed E-state index contributed by atoms with van der Waals surface area (Å²) in [6, 6.07) is 4.21. The minimum Gasteiger partial charge on any atom is -0.330 e. The average Bonchev–Trinajstić information content (AvgIpc) is 2.36. The number of halogens is 1. The van der Waals surface area contributed by atoms with Crippen LogP contribution in [0, 0.1) is 0 Å². The Hall–Kier alpha value is -0.960. The van der Waals surface area contributed by atoms with Gasteiger partial charge in [0.2, 0.25) is 15.9 Å². The number of amides is 1. The maximum absolute atomic E-state index is 11.7. The van der Waals surface area contributed by atoms with Gasteiger partial charge in [-0.05, 0) is 53.5 Å². The second-order valence-electron chi connectivity index (χ2n) is 4.33. The molecule has 0 aromatic heterocycles. The molecule has 6 nitrogen and oxygen atoms in total. The molecule has 1 amide bonds. The Morgan fingerprint density at radius 1 is 1.25 bits per heavy atom. The number of benzene rings is 1. The van der Waals surface area contributed by atoms with Crippen LogP contribution in [0.15, 0.2) is 27.6 Å². The van der Waals surface area contributed by atoms with Gasteiger partial charge in [-0.3, -0.25) is 4.79 Å². The summed E-state index contributed by atoms with van der Waals surface area (Å²) in [5.41, 5.74) is 5.89. The Morgan fingerprint density at radius 2 is 1.95 bits per heavy atom. The fourth-order valence-electron chi connectivity index (χ4n) is 1.59. The van der Waals surface area contributed by atoms with E-state index < -0.39 is 10.0 Å². The van der Waals surface area contributed by atoms with Crippen LogP contribution in [0.4, 0.5) is 5.69 Å². The van der Waals surface area contributed by atoms with Gasteiger partial charge in [-0.25, -0.2) is 13.6 Å². The monoisotopic (exact) mass is 363 g/mol. The van der Waals surface area contributed by atoms with Crippen LogP contribution in [-0.4, -0.2) is 20.9 Å². The van der Waals surface area contributed by atoms with E-state index in [1.54, 1.807) is 0 Å². The molecule has 0 unspecified atom stereocenters. The molecule has 0 heterocycles. The molecule has 0 atom stereocenters. The van der Waals surface area contributed by atoms with Gasteiger partial charge in [0.15, 0.2) is 0 Å². The summed E-state index contributed by atoms with van der Waals surface area (Å²) in [5, 5.41) is 7.74. The van der Waals surface area contributed by atoms with Crippen LogP contribution in [0.5, 0.6) is 0 Å². The zero-order chi connectivity index (χ0) is 15.2. The van der Waals surface area contributed by atoms with E-state index in [-0.39, 0.29) is 10.8 Å². The van der Waals surface area contributed by atoms with Gasteiger partial charge in [0.1, 0.15) is 0 Å². The van der Waals surface area contributed by atoms with Crippen molar-refractivity contribution in [2.24, 2.45) is 10.9 Å². The average molecular weight is 364 g/mol. The molecule has 0 fully saturated rings. The van der Waals surface area contributed by atoms with E-state index in [0.717, 1.165) is 19.3 Å². The van der Waals surface area contributed by atoms with E-state index >= 15 is 0 Å². The van der Waals surface area contributed by atoms with Crippen molar-refractivity contribution in [2.75, 3.05) is 11.9 Å². The Labute approximate surface area is 127 Å². The van der Waals surface area contributed by atoms with Crippen molar-refractivity contribution in [2.45, 2.75) is 30.6 Å². The summed E-state index contributed by atoms with van der Waals surface area (Å²) < 4.78 is 22.8. The third-order valence-electron chi connectivity index (χ3n) is 2.65. The number of carbonyl (C=O) groups is 1. The highest BCUT2D eigenvalue weighted by Gasteiger charge is 2.11. The molecule has 0 radical (unpaired) electrons. The van der Waals surface area contributed by atoms with E-state index in [1.807, 2.05) is 0 Å². The lowest BCUT2D eigenvalue weighted by Crippen LogP contribution is -2.14. The molecule has 0 aliphatic rings. The number of carbonyl (C=O) groups excluding carboxylic acids is 1. The summed E-state index contributed by atoms with van der Waals surface area (Å²) in [6.07, 6.45) is 2.99. The molecular weight excluding hydrogens is 346 g/mol. The van der Waals surface area contributed by atoms with E-state index in [9.17, 15) is 13.2 Å². The molecule has 0 saturated heterocycles. The number of nitrogens with one attached hydrogen (secondary N) is 1. The number of hydrogen-bond donors (Lipinski definition) is 3. The lowest BCUT2D eigenvalue weighted by Gasteiger charge is -2.08. The van der Waals surface area contributed by atoms with Gasteiger partial charge in [0, 0.05) is 10.9 Å². The quantitative estimate of drug-likeness (QED) is 0.637. The van der Waals surface area contributed by atoms with Crippen molar-refractivity contribution >= 4 is 37.5 Å². The minimum atomic E-state index is -3.75. The number of unbranched alkanes of at least 4 members (excludes halogenated alkanes) is 2. The predicted octanol–water partition coefficient (Wildman–Crippen LogP) is 1.55. The Kier molecular flexibility index (Phi) is 6.60. The molecule has 1 rings (SSSR count). The van der Waals surface area contributed by atoms with Gasteiger partial charge < -0.3 is 11.1 Å². The number of sulfonamides is 1. The zero-order valence-corrected chi connectivity index (χ0v) is 13.3. The van der Waals surface area contributed by atoms with Crippen LogP contribution in [0.1, 0.15) is 25.7 Å². The zero-order valence-electron chi connectivity index (χ0n) is 10.9. The summed E-state index contributed by atoms with van der Waals surface area (Å²) in [6.45, 7) is 0.627. The first-order valence-electron chi connectivity index (χ1n) is 6.17. The topological polar surface area (TPSA) is 115 Å². The van der Waals surface area contributed by atoms with Crippen molar-refractivity contribution in [3.63, 3.8) is 0 Å². The second-order valence-corrected chi connectivity index (χ2v) is 6.75. The Balaban J connectivity index is 2.63. The highest BCUT2D eigenvalue weighted by Crippen LogP contribution is 2.25. The van der Waals surface area contributed by atoms with Gasteiger partial charge in [0.25, 0.3) is 0 Å². The molecule has 0 bridgehead atoms. The van der Waals surface area contributed by atoms with E-state index in [2.05, 4.69) is 21.2 Å². The van der Waals surface area contributed by atoms with Gasteiger partial charge in [-0.1, -0.05) is 6.42 Å². The fourth-order valence-corrected chi connectivity index (χ4v) is 2.76. The molecule has 112 valence electrons. The first-order chi connectivity index (χ1) is 9.34.